The van der Waals surface area contributed by atoms with Gasteiger partial charge in [0.25, 0.3) is 0 Å². The molecule has 80 heavy (non-hydrogen) atoms. The van der Waals surface area contributed by atoms with Crippen molar-refractivity contribution in [3.8, 4) is 0 Å². The van der Waals surface area contributed by atoms with E-state index in [0.717, 1.165) is 122 Å². The molecule has 0 bridgehead atoms. The van der Waals surface area contributed by atoms with Gasteiger partial charge in [0, 0.05) is 12.8 Å². The van der Waals surface area contributed by atoms with Crippen LogP contribution in [0.4, 0.5) is 0 Å². The fourth-order valence-corrected chi connectivity index (χ4v) is 9.13. The summed E-state index contributed by atoms with van der Waals surface area (Å²) in [5, 5.41) is 3.03. The molecule has 1 amide bonds. The minimum atomic E-state index is -4.48. The summed E-state index contributed by atoms with van der Waals surface area (Å²) < 4.78 is 30.7. The number of phosphoric acid groups is 1. The molecule has 0 rings (SSSR count). The van der Waals surface area contributed by atoms with Crippen molar-refractivity contribution in [3.05, 3.63) is 134 Å². The molecule has 456 valence electrons. The van der Waals surface area contributed by atoms with E-state index in [1.165, 1.54) is 77.0 Å². The number of hydrogen-bond donors (Lipinski definition) is 2. The lowest BCUT2D eigenvalue weighted by molar-refractivity contribution is -0.870. The lowest BCUT2D eigenvalue weighted by Gasteiger charge is -2.27. The molecule has 3 unspecified atom stereocenters. The van der Waals surface area contributed by atoms with Crippen LogP contribution in [0.5, 0.6) is 0 Å². The zero-order valence-electron chi connectivity index (χ0n) is 52.0. The number of amides is 1. The van der Waals surface area contributed by atoms with Gasteiger partial charge in [-0.15, -0.1) is 0 Å². The second-order valence-electron chi connectivity index (χ2n) is 22.2. The molecule has 0 saturated carbocycles. The normalized spacial score (nSPS) is 14.5. The smallest absolute Gasteiger partial charge is 0.456 e. The number of quaternary nitrogens is 1. The largest absolute Gasteiger partial charge is 0.472 e. The number of rotatable bonds is 56. The summed E-state index contributed by atoms with van der Waals surface area (Å²) in [6, 6.07) is -0.886. The van der Waals surface area contributed by atoms with Gasteiger partial charge in [-0.05, 0) is 128 Å². The highest BCUT2D eigenvalue weighted by Crippen LogP contribution is 2.43. The zero-order valence-corrected chi connectivity index (χ0v) is 52.9. The maximum atomic E-state index is 13.6. The summed E-state index contributed by atoms with van der Waals surface area (Å²) in [5.41, 5.74) is 0. The van der Waals surface area contributed by atoms with Gasteiger partial charge in [-0.2, -0.15) is 0 Å². The fourth-order valence-electron chi connectivity index (χ4n) is 8.40. The van der Waals surface area contributed by atoms with E-state index in [0.29, 0.717) is 23.9 Å². The molecule has 0 aliphatic rings. The number of nitrogens with one attached hydrogen (secondary N) is 1. The van der Waals surface area contributed by atoms with Crippen molar-refractivity contribution in [3.63, 3.8) is 0 Å². The molecule has 3 atom stereocenters. The number of likely N-dealkylation sites (N-methyl/N-ethyl adjacent to an activating group) is 1. The van der Waals surface area contributed by atoms with Gasteiger partial charge in [0.1, 0.15) is 19.3 Å². The Hall–Kier alpha value is -3.85. The third-order valence-electron chi connectivity index (χ3n) is 13.3. The highest BCUT2D eigenvalue weighted by Gasteiger charge is 2.30. The summed E-state index contributed by atoms with van der Waals surface area (Å²) >= 11 is 0. The molecule has 0 heterocycles. The molecule has 0 aliphatic heterocycles. The van der Waals surface area contributed by atoms with Crippen LogP contribution in [0.2, 0.25) is 0 Å². The van der Waals surface area contributed by atoms with Crippen LogP contribution >= 0.6 is 7.82 Å². The Labute approximate surface area is 492 Å². The van der Waals surface area contributed by atoms with Crippen molar-refractivity contribution in [2.45, 2.75) is 258 Å². The molecule has 2 N–H and O–H groups in total. The van der Waals surface area contributed by atoms with E-state index in [4.69, 9.17) is 13.8 Å². The van der Waals surface area contributed by atoms with Crippen molar-refractivity contribution in [2.24, 2.45) is 0 Å². The number of hydrogen-bond acceptors (Lipinski definition) is 6. The van der Waals surface area contributed by atoms with Gasteiger partial charge < -0.3 is 19.4 Å². The highest BCUT2D eigenvalue weighted by atomic mass is 31.2. The molecular weight excluding hydrogens is 1010 g/mol. The second-order valence-corrected chi connectivity index (χ2v) is 23.6. The fraction of sp³-hybridized carbons (Fsp3) is 0.657. The van der Waals surface area contributed by atoms with E-state index in [2.05, 4.69) is 148 Å². The summed E-state index contributed by atoms with van der Waals surface area (Å²) in [6.45, 7) is 6.81. The quantitative estimate of drug-likeness (QED) is 0.0205. The molecule has 0 spiro atoms. The number of esters is 1. The number of carbonyl (C=O) groups excluding carboxylic acids is 2. The van der Waals surface area contributed by atoms with Crippen LogP contribution in [0.3, 0.4) is 0 Å². The minimum Gasteiger partial charge on any atom is -0.456 e. The highest BCUT2D eigenvalue weighted by molar-refractivity contribution is 7.47. The van der Waals surface area contributed by atoms with Gasteiger partial charge in [-0.3, -0.25) is 18.6 Å². The van der Waals surface area contributed by atoms with Crippen LogP contribution in [0.15, 0.2) is 134 Å². The molecule has 0 fully saturated rings. The Morgan fingerprint density at radius 1 is 0.450 bits per heavy atom. The summed E-state index contributed by atoms with van der Waals surface area (Å²) in [7, 11) is 1.44. The number of carbonyl (C=O) groups is 2. The number of nitrogens with zero attached hydrogens (tertiary/aromatic N) is 1. The third kappa shape index (κ3) is 58.8. The number of phosphoric ester groups is 1. The number of allylic oxidation sites excluding steroid dienone is 21. The SMILES string of the molecule is CC/C=C\C/C=C\C/C=C\C/C=C\C/C=C\C/C=C\CCCCCCC(=O)NC(COP(=O)(O)OCC[N+](C)(C)C)C(/C=C\CCCCCCCCCCCC)OC(=O)CCCCC/C=C\C/C=C\C/C=C\C/C=C\CCCCC. The van der Waals surface area contributed by atoms with Crippen molar-refractivity contribution in [1.82, 2.24) is 5.32 Å². The zero-order chi connectivity index (χ0) is 58.6. The number of ether oxygens (including phenoxy) is 1. The lowest BCUT2D eigenvalue weighted by Crippen LogP contribution is -2.47. The van der Waals surface area contributed by atoms with Gasteiger partial charge in [0.2, 0.25) is 5.91 Å². The van der Waals surface area contributed by atoms with Crippen LogP contribution in [-0.2, 0) is 27.9 Å². The lowest BCUT2D eigenvalue weighted by atomic mass is 10.1. The number of unbranched alkanes of at least 4 members (excludes halogenated alkanes) is 20. The first kappa shape index (κ1) is 76.1. The maximum absolute atomic E-state index is 13.6. The molecule has 0 radical (unpaired) electrons. The monoisotopic (exact) mass is 1130 g/mol. The van der Waals surface area contributed by atoms with E-state index in [9.17, 15) is 19.0 Å². The molecule has 9 nitrogen and oxygen atoms in total. The summed E-state index contributed by atoms with van der Waals surface area (Å²) in [5.74, 6) is -0.580. The van der Waals surface area contributed by atoms with Crippen molar-refractivity contribution in [1.29, 1.82) is 0 Å². The van der Waals surface area contributed by atoms with Crippen LogP contribution in [0.25, 0.3) is 0 Å². The predicted molar refractivity (Wildman–Crippen MR) is 346 cm³/mol. The van der Waals surface area contributed by atoms with Crippen molar-refractivity contribution < 1.29 is 37.3 Å². The predicted octanol–water partition coefficient (Wildman–Crippen LogP) is 20.1. The van der Waals surface area contributed by atoms with Crippen LogP contribution < -0.4 is 5.32 Å². The maximum Gasteiger partial charge on any atom is 0.472 e. The molecule has 0 aromatic heterocycles. The van der Waals surface area contributed by atoms with Gasteiger partial charge in [0.15, 0.2) is 0 Å². The van der Waals surface area contributed by atoms with Gasteiger partial charge in [-0.1, -0.05) is 238 Å². The Balaban J connectivity index is 5.35. The van der Waals surface area contributed by atoms with Gasteiger partial charge in [0.05, 0.1) is 33.8 Å². The van der Waals surface area contributed by atoms with Crippen LogP contribution in [0.1, 0.15) is 245 Å². The third-order valence-corrected chi connectivity index (χ3v) is 14.3. The molecule has 0 aliphatic carbocycles. The summed E-state index contributed by atoms with van der Waals surface area (Å²) in [4.78, 5) is 37.8. The van der Waals surface area contributed by atoms with Gasteiger partial charge in [-0.25, -0.2) is 4.57 Å². The first-order valence-corrected chi connectivity index (χ1v) is 33.5. The molecule has 0 saturated heterocycles. The first-order valence-electron chi connectivity index (χ1n) is 32.0. The van der Waals surface area contributed by atoms with Crippen LogP contribution in [-0.4, -0.2) is 74.3 Å². The van der Waals surface area contributed by atoms with E-state index >= 15 is 0 Å². The Kier molecular flexibility index (Phi) is 55.5. The molecule has 10 heteroatoms. The van der Waals surface area contributed by atoms with E-state index < -0.39 is 20.0 Å². The van der Waals surface area contributed by atoms with E-state index in [1.807, 2.05) is 33.3 Å². The standard InChI is InChI=1S/C70H119N2O7P/c1-7-10-13-16-19-22-25-28-30-32-34-35-36-37-39-40-42-44-47-50-53-56-59-62-69(73)71-67(66-78-80(75,76)77-65-64-72(4,5)6)68(61-58-55-52-49-46-27-24-21-18-15-12-9-3)79-70(74)63-60-57-54-51-48-45-43-41-38-33-31-29-26-23-20-17-14-11-8-2/h10,13,19-20,22-23,28-31,34-35,37-39,41-42,44-45,48,58,61,67-68H,7-9,11-12,14-18,21,24-27,32-33,36,40,43,46-47,49-57,59-60,62-66H2,1-6H3,(H-,71,73,75,76)/p+1/b13-10-,22-19-,23-20-,30-28-,31-29-,35-34-,39-37-,41-38-,44-42-,48-45-,61-58-. The van der Waals surface area contributed by atoms with E-state index in [1.54, 1.807) is 0 Å². The molecule has 0 aromatic rings. The minimum absolute atomic E-state index is 0.0218. The second kappa shape index (κ2) is 58.4. The van der Waals surface area contributed by atoms with Crippen molar-refractivity contribution in [2.75, 3.05) is 40.9 Å². The summed E-state index contributed by atoms with van der Waals surface area (Å²) in [6.07, 6.45) is 83.1. The Bertz CT molecular complexity index is 1830. The average Bonchev–Trinajstić information content (AvgIpc) is 3.42. The first-order chi connectivity index (χ1) is 38.9. The average molecular weight is 1130 g/mol. The van der Waals surface area contributed by atoms with E-state index in [-0.39, 0.29) is 37.9 Å². The topological polar surface area (TPSA) is 111 Å². The Morgan fingerprint density at radius 3 is 1.24 bits per heavy atom. The van der Waals surface area contributed by atoms with Gasteiger partial charge >= 0.3 is 13.8 Å². The van der Waals surface area contributed by atoms with Crippen LogP contribution in [0, 0.1) is 0 Å². The van der Waals surface area contributed by atoms with Crippen molar-refractivity contribution >= 4 is 19.7 Å². The Morgan fingerprint density at radius 2 is 0.800 bits per heavy atom. The molecule has 0 aromatic carbocycles. The molecular formula is C70H120N2O7P+.